The Morgan fingerprint density at radius 1 is 1.35 bits per heavy atom. The van der Waals surface area contributed by atoms with Gasteiger partial charge in [0.2, 0.25) is 0 Å². The molecule has 0 aromatic heterocycles. The molecule has 1 aromatic carbocycles. The van der Waals surface area contributed by atoms with Crippen LogP contribution in [0.2, 0.25) is 0 Å². The molecule has 1 heterocycles. The number of benzene rings is 1. The second-order valence-corrected chi connectivity index (χ2v) is 5.15. The molecule has 3 nitrogen and oxygen atoms in total. The van der Waals surface area contributed by atoms with Crippen LogP contribution in [0.15, 0.2) is 18.2 Å². The van der Waals surface area contributed by atoms with E-state index in [0.29, 0.717) is 12.2 Å². The minimum atomic E-state index is -4.42. The van der Waals surface area contributed by atoms with Crippen LogP contribution in [0, 0.1) is 11.3 Å². The highest BCUT2D eigenvalue weighted by molar-refractivity contribution is 5.61. The number of hydrogen-bond donors (Lipinski definition) is 1. The molecule has 20 heavy (non-hydrogen) atoms. The number of halogens is 3. The van der Waals surface area contributed by atoms with Gasteiger partial charge >= 0.3 is 6.18 Å². The Kier molecular flexibility index (Phi) is 3.91. The van der Waals surface area contributed by atoms with Crippen molar-refractivity contribution in [2.24, 2.45) is 0 Å². The van der Waals surface area contributed by atoms with E-state index >= 15 is 0 Å². The normalized spacial score (nSPS) is 23.5. The van der Waals surface area contributed by atoms with Gasteiger partial charge in [-0.3, -0.25) is 0 Å². The van der Waals surface area contributed by atoms with Crippen molar-refractivity contribution in [2.45, 2.75) is 32.1 Å². The number of nitrogens with zero attached hydrogens (tertiary/aromatic N) is 2. The van der Waals surface area contributed by atoms with Gasteiger partial charge in [0.15, 0.2) is 0 Å². The molecule has 0 amide bonds. The van der Waals surface area contributed by atoms with Gasteiger partial charge in [-0.15, -0.1) is 0 Å². The first-order chi connectivity index (χ1) is 9.32. The van der Waals surface area contributed by atoms with E-state index in [1.54, 1.807) is 0 Å². The summed E-state index contributed by atoms with van der Waals surface area (Å²) in [6.07, 6.45) is -4.42. The molecule has 0 radical (unpaired) electrons. The van der Waals surface area contributed by atoms with Crippen molar-refractivity contribution in [3.05, 3.63) is 29.3 Å². The molecule has 1 saturated heterocycles. The summed E-state index contributed by atoms with van der Waals surface area (Å²) in [6.45, 7) is 5.40. The lowest BCUT2D eigenvalue weighted by atomic mass is 10.0. The van der Waals surface area contributed by atoms with Crippen LogP contribution in [0.5, 0.6) is 0 Å². The van der Waals surface area contributed by atoms with E-state index in [2.05, 4.69) is 5.32 Å². The first kappa shape index (κ1) is 14.7. The zero-order valence-corrected chi connectivity index (χ0v) is 11.3. The number of nitriles is 1. The predicted molar refractivity (Wildman–Crippen MR) is 70.4 cm³/mol. The fraction of sp³-hybridized carbons (Fsp3) is 0.500. The standard InChI is InChI=1S/C14H16F3N3/c1-9-8-20(10(2)7-19-9)13-4-3-12(14(15,16)17)5-11(13)6-18/h3-5,9-10,19H,7-8H2,1-2H3. The molecule has 2 atom stereocenters. The molecule has 1 N–H and O–H groups in total. The molecule has 108 valence electrons. The van der Waals surface area contributed by atoms with E-state index in [0.717, 1.165) is 18.7 Å². The molecule has 1 fully saturated rings. The van der Waals surface area contributed by atoms with Gasteiger partial charge in [0, 0.05) is 25.2 Å². The zero-order valence-electron chi connectivity index (χ0n) is 11.3. The minimum absolute atomic E-state index is 0.0702. The second kappa shape index (κ2) is 5.33. The highest BCUT2D eigenvalue weighted by Crippen LogP contribution is 2.33. The number of alkyl halides is 3. The van der Waals surface area contributed by atoms with E-state index < -0.39 is 11.7 Å². The van der Waals surface area contributed by atoms with E-state index in [-0.39, 0.29) is 17.6 Å². The summed E-state index contributed by atoms with van der Waals surface area (Å²) in [5.41, 5.74) is -0.143. The summed E-state index contributed by atoms with van der Waals surface area (Å²) in [6, 6.07) is 5.61. The van der Waals surface area contributed by atoms with Crippen molar-refractivity contribution in [3.63, 3.8) is 0 Å². The third-order valence-corrected chi connectivity index (χ3v) is 3.52. The van der Waals surface area contributed by atoms with Crippen LogP contribution in [-0.2, 0) is 6.18 Å². The second-order valence-electron chi connectivity index (χ2n) is 5.15. The summed E-state index contributed by atoms with van der Waals surface area (Å²) >= 11 is 0. The Hall–Kier alpha value is -1.74. The van der Waals surface area contributed by atoms with Crippen LogP contribution in [0.25, 0.3) is 0 Å². The van der Waals surface area contributed by atoms with E-state index in [9.17, 15) is 13.2 Å². The molecule has 0 bridgehead atoms. The van der Waals surface area contributed by atoms with Crippen molar-refractivity contribution < 1.29 is 13.2 Å². The smallest absolute Gasteiger partial charge is 0.365 e. The highest BCUT2D eigenvalue weighted by atomic mass is 19.4. The fourth-order valence-electron chi connectivity index (χ4n) is 2.41. The Balaban J connectivity index is 2.39. The van der Waals surface area contributed by atoms with Crippen molar-refractivity contribution >= 4 is 5.69 Å². The summed E-state index contributed by atoms with van der Waals surface area (Å²) in [5, 5.41) is 12.4. The lowest BCUT2D eigenvalue weighted by Gasteiger charge is -2.39. The van der Waals surface area contributed by atoms with Gasteiger partial charge in [-0.1, -0.05) is 0 Å². The lowest BCUT2D eigenvalue weighted by Crippen LogP contribution is -2.54. The molecule has 0 spiro atoms. The van der Waals surface area contributed by atoms with Crippen LogP contribution >= 0.6 is 0 Å². The van der Waals surface area contributed by atoms with Crippen LogP contribution in [0.3, 0.4) is 0 Å². The Bertz CT molecular complexity index is 533. The van der Waals surface area contributed by atoms with Crippen LogP contribution in [-0.4, -0.2) is 25.2 Å². The Labute approximate surface area is 116 Å². The summed E-state index contributed by atoms with van der Waals surface area (Å²) in [4.78, 5) is 1.99. The number of piperazine rings is 1. The lowest BCUT2D eigenvalue weighted by molar-refractivity contribution is -0.137. The van der Waals surface area contributed by atoms with Crippen LogP contribution in [0.1, 0.15) is 25.0 Å². The summed E-state index contributed by atoms with van der Waals surface area (Å²) in [7, 11) is 0. The first-order valence-electron chi connectivity index (χ1n) is 6.44. The number of nitrogens with one attached hydrogen (secondary N) is 1. The van der Waals surface area contributed by atoms with Gasteiger partial charge in [0.1, 0.15) is 6.07 Å². The average Bonchev–Trinajstić information content (AvgIpc) is 2.40. The topological polar surface area (TPSA) is 39.1 Å². The Morgan fingerprint density at radius 2 is 2.05 bits per heavy atom. The molecular formula is C14H16F3N3. The highest BCUT2D eigenvalue weighted by Gasteiger charge is 2.32. The monoisotopic (exact) mass is 283 g/mol. The van der Waals surface area contributed by atoms with Gasteiger partial charge < -0.3 is 10.2 Å². The minimum Gasteiger partial charge on any atom is -0.365 e. The van der Waals surface area contributed by atoms with Crippen molar-refractivity contribution in [1.29, 1.82) is 5.26 Å². The van der Waals surface area contributed by atoms with Crippen LogP contribution in [0.4, 0.5) is 18.9 Å². The predicted octanol–water partition coefficient (Wildman–Crippen LogP) is 2.76. The molecule has 1 aliphatic heterocycles. The van der Waals surface area contributed by atoms with Gasteiger partial charge in [0.05, 0.1) is 16.8 Å². The van der Waals surface area contributed by atoms with Crippen molar-refractivity contribution in [1.82, 2.24) is 5.32 Å². The maximum absolute atomic E-state index is 12.7. The molecule has 0 saturated carbocycles. The van der Waals surface area contributed by atoms with Gasteiger partial charge in [0.25, 0.3) is 0 Å². The molecule has 6 heteroatoms. The number of anilines is 1. The maximum atomic E-state index is 12.7. The third-order valence-electron chi connectivity index (χ3n) is 3.52. The largest absolute Gasteiger partial charge is 0.416 e. The van der Waals surface area contributed by atoms with E-state index in [4.69, 9.17) is 5.26 Å². The molecule has 1 aromatic rings. The molecule has 2 unspecified atom stereocenters. The van der Waals surface area contributed by atoms with E-state index in [1.165, 1.54) is 6.07 Å². The molecular weight excluding hydrogens is 267 g/mol. The quantitative estimate of drug-likeness (QED) is 0.861. The SMILES string of the molecule is CC1CN(c2ccc(C(F)(F)F)cc2C#N)C(C)CN1. The van der Waals surface area contributed by atoms with Gasteiger partial charge in [-0.2, -0.15) is 18.4 Å². The average molecular weight is 283 g/mol. The van der Waals surface area contributed by atoms with E-state index in [1.807, 2.05) is 24.8 Å². The van der Waals surface area contributed by atoms with Gasteiger partial charge in [-0.25, -0.2) is 0 Å². The molecule has 2 rings (SSSR count). The number of rotatable bonds is 1. The van der Waals surface area contributed by atoms with Crippen molar-refractivity contribution in [2.75, 3.05) is 18.0 Å². The fourth-order valence-corrected chi connectivity index (χ4v) is 2.41. The summed E-state index contributed by atoms with van der Waals surface area (Å²) < 4.78 is 38.1. The zero-order chi connectivity index (χ0) is 14.9. The molecule has 0 aliphatic carbocycles. The molecule has 1 aliphatic rings. The Morgan fingerprint density at radius 3 is 2.65 bits per heavy atom. The summed E-state index contributed by atoms with van der Waals surface area (Å²) in [5.74, 6) is 0. The third kappa shape index (κ3) is 2.88. The van der Waals surface area contributed by atoms with Gasteiger partial charge in [-0.05, 0) is 32.0 Å². The van der Waals surface area contributed by atoms with Crippen LogP contribution < -0.4 is 10.2 Å². The number of hydrogen-bond acceptors (Lipinski definition) is 3. The van der Waals surface area contributed by atoms with Crippen molar-refractivity contribution in [3.8, 4) is 6.07 Å². The first-order valence-corrected chi connectivity index (χ1v) is 6.44. The maximum Gasteiger partial charge on any atom is 0.416 e.